The van der Waals surface area contributed by atoms with Crippen molar-refractivity contribution in [3.8, 4) is 0 Å². The lowest BCUT2D eigenvalue weighted by Gasteiger charge is -2.14. The summed E-state index contributed by atoms with van der Waals surface area (Å²) < 4.78 is 23.0. The first-order valence-electron chi connectivity index (χ1n) is 4.63. The summed E-state index contributed by atoms with van der Waals surface area (Å²) in [6, 6.07) is 5.42. The van der Waals surface area contributed by atoms with Crippen LogP contribution in [0.3, 0.4) is 0 Å². The highest BCUT2D eigenvalue weighted by Crippen LogP contribution is 2.26. The van der Waals surface area contributed by atoms with Crippen molar-refractivity contribution in [1.82, 2.24) is 0 Å². The molecule has 0 aliphatic carbocycles. The van der Waals surface area contributed by atoms with Crippen molar-refractivity contribution in [3.05, 3.63) is 29.3 Å². The van der Waals surface area contributed by atoms with Gasteiger partial charge in [-0.25, -0.2) is 8.42 Å². The molecule has 1 rings (SSSR count). The van der Waals surface area contributed by atoms with Gasteiger partial charge in [-0.2, -0.15) is 0 Å². The number of benzene rings is 1. The van der Waals surface area contributed by atoms with E-state index in [1.54, 1.807) is 12.1 Å². The number of hydrogen-bond acceptors (Lipinski definition) is 2. The van der Waals surface area contributed by atoms with Gasteiger partial charge in [0.2, 0.25) is 0 Å². The molecule has 3 heteroatoms. The first kappa shape index (κ1) is 11.2. The topological polar surface area (TPSA) is 34.1 Å². The van der Waals surface area contributed by atoms with E-state index in [-0.39, 0.29) is 5.92 Å². The fourth-order valence-electron chi connectivity index (χ4n) is 1.72. The monoisotopic (exact) mass is 212 g/mol. The fourth-order valence-corrected chi connectivity index (χ4v) is 2.84. The fraction of sp³-hybridized carbons (Fsp3) is 0.455. The van der Waals surface area contributed by atoms with Crippen molar-refractivity contribution in [2.75, 3.05) is 6.26 Å². The Kier molecular flexibility index (Phi) is 3.00. The Bertz CT molecular complexity index is 431. The third kappa shape index (κ3) is 2.15. The zero-order valence-electron chi connectivity index (χ0n) is 9.03. The van der Waals surface area contributed by atoms with Gasteiger partial charge in [-0.05, 0) is 30.0 Å². The van der Waals surface area contributed by atoms with Gasteiger partial charge in [0.1, 0.15) is 0 Å². The van der Waals surface area contributed by atoms with E-state index in [0.717, 1.165) is 11.1 Å². The van der Waals surface area contributed by atoms with Crippen LogP contribution in [0.1, 0.15) is 30.9 Å². The summed E-state index contributed by atoms with van der Waals surface area (Å²) in [5.41, 5.74) is 1.98. The third-order valence-electron chi connectivity index (χ3n) is 2.26. The van der Waals surface area contributed by atoms with Crippen molar-refractivity contribution >= 4 is 9.84 Å². The van der Waals surface area contributed by atoms with Gasteiger partial charge >= 0.3 is 0 Å². The minimum absolute atomic E-state index is 0.237. The summed E-state index contributed by atoms with van der Waals surface area (Å²) >= 11 is 0. The van der Waals surface area contributed by atoms with Crippen molar-refractivity contribution in [3.63, 3.8) is 0 Å². The summed E-state index contributed by atoms with van der Waals surface area (Å²) in [6.45, 7) is 5.97. The Labute approximate surface area is 85.9 Å². The lowest BCUT2D eigenvalue weighted by Crippen LogP contribution is -2.05. The van der Waals surface area contributed by atoms with E-state index in [1.807, 2.05) is 26.8 Å². The molecule has 0 spiro atoms. The number of aryl methyl sites for hydroxylation is 1. The van der Waals surface area contributed by atoms with Gasteiger partial charge in [-0.1, -0.05) is 26.0 Å². The van der Waals surface area contributed by atoms with Crippen LogP contribution in [0.2, 0.25) is 0 Å². The summed E-state index contributed by atoms with van der Waals surface area (Å²) in [5, 5.41) is 0. The van der Waals surface area contributed by atoms with Crippen LogP contribution in [-0.4, -0.2) is 14.7 Å². The highest BCUT2D eigenvalue weighted by Gasteiger charge is 2.16. The minimum Gasteiger partial charge on any atom is -0.224 e. The van der Waals surface area contributed by atoms with E-state index in [4.69, 9.17) is 0 Å². The van der Waals surface area contributed by atoms with E-state index in [2.05, 4.69) is 0 Å². The Morgan fingerprint density at radius 1 is 1.21 bits per heavy atom. The molecule has 2 nitrogen and oxygen atoms in total. The lowest BCUT2D eigenvalue weighted by molar-refractivity contribution is 0.599. The smallest absolute Gasteiger partial charge is 0.175 e. The lowest BCUT2D eigenvalue weighted by atomic mass is 9.98. The molecule has 0 radical (unpaired) electrons. The highest BCUT2D eigenvalue weighted by molar-refractivity contribution is 7.90. The van der Waals surface area contributed by atoms with E-state index in [0.29, 0.717) is 4.90 Å². The van der Waals surface area contributed by atoms with Crippen LogP contribution in [0.15, 0.2) is 23.1 Å². The van der Waals surface area contributed by atoms with Crippen molar-refractivity contribution < 1.29 is 8.42 Å². The second-order valence-electron chi connectivity index (χ2n) is 3.91. The number of sulfone groups is 1. The molecule has 0 aliphatic rings. The van der Waals surface area contributed by atoms with Crippen LogP contribution in [-0.2, 0) is 9.84 Å². The number of hydrogen-bond donors (Lipinski definition) is 0. The standard InChI is InChI=1S/C11H16O2S/c1-8(2)11-9(3)6-5-7-10(11)14(4,12)13/h5-8H,1-4H3. The number of rotatable bonds is 2. The summed E-state index contributed by atoms with van der Waals surface area (Å²) in [7, 11) is -3.10. The average Bonchev–Trinajstić information content (AvgIpc) is 2.01. The molecule has 0 saturated heterocycles. The third-order valence-corrected chi connectivity index (χ3v) is 3.42. The molecule has 0 atom stereocenters. The maximum Gasteiger partial charge on any atom is 0.175 e. The molecule has 14 heavy (non-hydrogen) atoms. The molecule has 0 bridgehead atoms. The predicted molar refractivity (Wildman–Crippen MR) is 58.4 cm³/mol. The van der Waals surface area contributed by atoms with E-state index >= 15 is 0 Å². The van der Waals surface area contributed by atoms with Crippen molar-refractivity contribution in [2.24, 2.45) is 0 Å². The van der Waals surface area contributed by atoms with Gasteiger partial charge in [0.25, 0.3) is 0 Å². The maximum atomic E-state index is 11.5. The van der Waals surface area contributed by atoms with E-state index in [1.165, 1.54) is 6.26 Å². The maximum absolute atomic E-state index is 11.5. The molecule has 78 valence electrons. The van der Waals surface area contributed by atoms with Gasteiger partial charge in [0.15, 0.2) is 9.84 Å². The first-order chi connectivity index (χ1) is 6.34. The molecule has 0 saturated carbocycles. The second-order valence-corrected chi connectivity index (χ2v) is 5.90. The van der Waals surface area contributed by atoms with E-state index < -0.39 is 9.84 Å². The van der Waals surface area contributed by atoms with Crippen LogP contribution in [0.4, 0.5) is 0 Å². The van der Waals surface area contributed by atoms with Gasteiger partial charge in [-0.3, -0.25) is 0 Å². The highest BCUT2D eigenvalue weighted by atomic mass is 32.2. The van der Waals surface area contributed by atoms with Crippen LogP contribution in [0, 0.1) is 6.92 Å². The Hall–Kier alpha value is -0.830. The molecule has 0 N–H and O–H groups in total. The molecule has 1 aromatic rings. The summed E-state index contributed by atoms with van der Waals surface area (Å²) in [4.78, 5) is 0.465. The Morgan fingerprint density at radius 3 is 2.14 bits per heavy atom. The summed E-state index contributed by atoms with van der Waals surface area (Å²) in [6.07, 6.45) is 1.26. The van der Waals surface area contributed by atoms with Gasteiger partial charge in [0, 0.05) is 6.26 Å². The molecule has 1 aromatic carbocycles. The van der Waals surface area contributed by atoms with Crippen LogP contribution in [0.5, 0.6) is 0 Å². The van der Waals surface area contributed by atoms with Crippen LogP contribution < -0.4 is 0 Å². The molecule has 0 amide bonds. The molecular formula is C11H16O2S. The summed E-state index contributed by atoms with van der Waals surface area (Å²) in [5.74, 6) is 0.237. The molecule has 0 fully saturated rings. The average molecular weight is 212 g/mol. The largest absolute Gasteiger partial charge is 0.224 e. The first-order valence-corrected chi connectivity index (χ1v) is 6.52. The van der Waals surface area contributed by atoms with Gasteiger partial charge < -0.3 is 0 Å². The normalized spacial score (nSPS) is 12.1. The minimum atomic E-state index is -3.10. The second kappa shape index (κ2) is 3.73. The molecule has 0 unspecified atom stereocenters. The molecule has 0 aromatic heterocycles. The predicted octanol–water partition coefficient (Wildman–Crippen LogP) is 2.52. The van der Waals surface area contributed by atoms with Crippen molar-refractivity contribution in [2.45, 2.75) is 31.6 Å². The molecular weight excluding hydrogens is 196 g/mol. The Morgan fingerprint density at radius 2 is 1.79 bits per heavy atom. The Balaban J connectivity index is 3.52. The van der Waals surface area contributed by atoms with Crippen LogP contribution >= 0.6 is 0 Å². The van der Waals surface area contributed by atoms with Crippen LogP contribution in [0.25, 0.3) is 0 Å². The SMILES string of the molecule is Cc1cccc(S(C)(=O)=O)c1C(C)C. The van der Waals surface area contributed by atoms with Crippen molar-refractivity contribution in [1.29, 1.82) is 0 Å². The van der Waals surface area contributed by atoms with Gasteiger partial charge in [0.05, 0.1) is 4.90 Å². The zero-order chi connectivity index (χ0) is 10.9. The van der Waals surface area contributed by atoms with Gasteiger partial charge in [-0.15, -0.1) is 0 Å². The molecule has 0 aliphatic heterocycles. The quantitative estimate of drug-likeness (QED) is 0.755. The van der Waals surface area contributed by atoms with E-state index in [9.17, 15) is 8.42 Å². The molecule has 0 heterocycles. The zero-order valence-corrected chi connectivity index (χ0v) is 9.85.